The normalized spacial score (nSPS) is 24.2. The average Bonchev–Trinajstić information content (AvgIpc) is 2.33. The molecule has 2 amide bonds. The van der Waals surface area contributed by atoms with Crippen molar-refractivity contribution in [1.82, 2.24) is 5.32 Å². The van der Waals surface area contributed by atoms with E-state index in [2.05, 4.69) is 5.32 Å². The summed E-state index contributed by atoms with van der Waals surface area (Å²) in [6.07, 6.45) is -4.28. The Morgan fingerprint density at radius 3 is 2.26 bits per heavy atom. The minimum Gasteiger partial charge on any atom is -0.296 e. The van der Waals surface area contributed by atoms with Crippen molar-refractivity contribution in [2.75, 3.05) is 0 Å². The maximum absolute atomic E-state index is 12.4. The fraction of sp³-hybridized carbons (Fsp3) is 0.385. The van der Waals surface area contributed by atoms with Crippen molar-refractivity contribution in [3.8, 4) is 0 Å². The highest BCUT2D eigenvalue weighted by Crippen LogP contribution is 2.34. The van der Waals surface area contributed by atoms with Gasteiger partial charge in [0.1, 0.15) is 0 Å². The fourth-order valence-corrected chi connectivity index (χ4v) is 2.19. The minimum absolute atomic E-state index is 0.109. The summed E-state index contributed by atoms with van der Waals surface area (Å²) in [6.45, 7) is 1.66. The second kappa shape index (κ2) is 4.68. The molecular weight excluding hydrogens is 259 g/mol. The van der Waals surface area contributed by atoms with E-state index in [1.165, 1.54) is 12.1 Å². The minimum atomic E-state index is -4.39. The first-order chi connectivity index (χ1) is 8.79. The molecule has 1 aliphatic heterocycles. The maximum Gasteiger partial charge on any atom is 0.416 e. The molecule has 19 heavy (non-hydrogen) atoms. The van der Waals surface area contributed by atoms with Crippen LogP contribution in [0.5, 0.6) is 0 Å². The summed E-state index contributed by atoms with van der Waals surface area (Å²) >= 11 is 0. The van der Waals surface area contributed by atoms with Crippen molar-refractivity contribution in [3.05, 3.63) is 35.4 Å². The number of carbonyl (C=O) groups excluding carboxylic acids is 2. The largest absolute Gasteiger partial charge is 0.416 e. The van der Waals surface area contributed by atoms with Gasteiger partial charge in [0.2, 0.25) is 11.8 Å². The smallest absolute Gasteiger partial charge is 0.296 e. The number of alkyl halides is 3. The average molecular weight is 271 g/mol. The van der Waals surface area contributed by atoms with Gasteiger partial charge in [-0.3, -0.25) is 14.9 Å². The van der Waals surface area contributed by atoms with Gasteiger partial charge in [-0.05, 0) is 17.7 Å². The second-order valence-electron chi connectivity index (χ2n) is 4.63. The molecule has 0 aliphatic carbocycles. The first-order valence-electron chi connectivity index (χ1n) is 5.80. The van der Waals surface area contributed by atoms with E-state index in [0.29, 0.717) is 5.56 Å². The van der Waals surface area contributed by atoms with Gasteiger partial charge < -0.3 is 0 Å². The molecule has 1 aromatic rings. The molecule has 1 aromatic carbocycles. The van der Waals surface area contributed by atoms with Crippen molar-refractivity contribution < 1.29 is 22.8 Å². The van der Waals surface area contributed by atoms with Gasteiger partial charge in [0.25, 0.3) is 0 Å². The molecule has 1 aliphatic rings. The van der Waals surface area contributed by atoms with Crippen molar-refractivity contribution in [3.63, 3.8) is 0 Å². The summed E-state index contributed by atoms with van der Waals surface area (Å²) in [5.41, 5.74) is -0.167. The number of rotatable bonds is 1. The van der Waals surface area contributed by atoms with Crippen molar-refractivity contribution >= 4 is 11.8 Å². The first kappa shape index (κ1) is 13.6. The van der Waals surface area contributed by atoms with E-state index in [-0.39, 0.29) is 18.2 Å². The van der Waals surface area contributed by atoms with E-state index in [4.69, 9.17) is 0 Å². The van der Waals surface area contributed by atoms with Gasteiger partial charge in [-0.25, -0.2) is 0 Å². The number of imide groups is 1. The summed E-state index contributed by atoms with van der Waals surface area (Å²) < 4.78 is 37.3. The van der Waals surface area contributed by atoms with Gasteiger partial charge >= 0.3 is 6.18 Å². The Hall–Kier alpha value is -1.85. The molecule has 2 rings (SSSR count). The summed E-state index contributed by atoms with van der Waals surface area (Å²) in [5.74, 6) is -1.59. The lowest BCUT2D eigenvalue weighted by Crippen LogP contribution is -2.43. The fourth-order valence-electron chi connectivity index (χ4n) is 2.19. The van der Waals surface area contributed by atoms with Gasteiger partial charge in [-0.15, -0.1) is 0 Å². The van der Waals surface area contributed by atoms with E-state index >= 15 is 0 Å². The Balaban J connectivity index is 2.26. The van der Waals surface area contributed by atoms with Gasteiger partial charge in [-0.1, -0.05) is 19.1 Å². The summed E-state index contributed by atoms with van der Waals surface area (Å²) in [6, 6.07) is 4.60. The predicted octanol–water partition coefficient (Wildman–Crippen LogP) is 2.47. The van der Waals surface area contributed by atoms with Crippen LogP contribution in [0.4, 0.5) is 13.2 Å². The van der Waals surface area contributed by atoms with Crippen molar-refractivity contribution in [2.45, 2.75) is 25.4 Å². The monoisotopic (exact) mass is 271 g/mol. The summed E-state index contributed by atoms with van der Waals surface area (Å²) in [7, 11) is 0. The van der Waals surface area contributed by atoms with E-state index < -0.39 is 23.6 Å². The standard InChI is InChI=1S/C13H12F3NO2/c1-7-10(6-11(18)17-12(7)19)8-2-4-9(5-3-8)13(14,15)16/h2-5,7,10H,6H2,1H3,(H,17,18,19). The highest BCUT2D eigenvalue weighted by Gasteiger charge is 2.34. The lowest BCUT2D eigenvalue weighted by Gasteiger charge is -2.27. The number of piperidine rings is 1. The molecule has 3 nitrogen and oxygen atoms in total. The zero-order valence-electron chi connectivity index (χ0n) is 10.1. The van der Waals surface area contributed by atoms with Crippen LogP contribution in [0.3, 0.4) is 0 Å². The molecule has 0 bridgehead atoms. The second-order valence-corrected chi connectivity index (χ2v) is 4.63. The van der Waals surface area contributed by atoms with Crippen LogP contribution in [0.1, 0.15) is 30.4 Å². The van der Waals surface area contributed by atoms with E-state index in [0.717, 1.165) is 12.1 Å². The van der Waals surface area contributed by atoms with E-state index in [1.807, 2.05) is 0 Å². The maximum atomic E-state index is 12.4. The molecule has 1 N–H and O–H groups in total. The predicted molar refractivity (Wildman–Crippen MR) is 61.1 cm³/mol. The van der Waals surface area contributed by atoms with E-state index in [9.17, 15) is 22.8 Å². The Morgan fingerprint density at radius 2 is 1.74 bits per heavy atom. The Labute approximate surface area is 107 Å². The summed E-state index contributed by atoms with van der Waals surface area (Å²) in [4.78, 5) is 22.8. The van der Waals surface area contributed by atoms with Crippen LogP contribution >= 0.6 is 0 Å². The summed E-state index contributed by atoms with van der Waals surface area (Å²) in [5, 5.41) is 2.21. The van der Waals surface area contributed by atoms with Crippen LogP contribution in [0.25, 0.3) is 0 Å². The SMILES string of the molecule is CC1C(=O)NC(=O)CC1c1ccc(C(F)(F)F)cc1. The molecule has 0 saturated carbocycles. The molecule has 0 spiro atoms. The molecule has 0 radical (unpaired) electrons. The topological polar surface area (TPSA) is 46.2 Å². The third kappa shape index (κ3) is 2.77. The Bertz CT molecular complexity index is 508. The number of benzene rings is 1. The molecular formula is C13H12F3NO2. The number of hydrogen-bond acceptors (Lipinski definition) is 2. The molecule has 1 heterocycles. The number of amides is 2. The number of hydrogen-bond donors (Lipinski definition) is 1. The zero-order valence-corrected chi connectivity index (χ0v) is 10.1. The van der Waals surface area contributed by atoms with E-state index in [1.54, 1.807) is 6.92 Å². The van der Waals surface area contributed by atoms with Crippen molar-refractivity contribution in [1.29, 1.82) is 0 Å². The molecule has 2 unspecified atom stereocenters. The molecule has 1 fully saturated rings. The Kier molecular flexibility index (Phi) is 3.34. The van der Waals surface area contributed by atoms with Gasteiger partial charge in [0, 0.05) is 18.3 Å². The molecule has 1 saturated heterocycles. The highest BCUT2D eigenvalue weighted by molar-refractivity contribution is 5.99. The van der Waals surface area contributed by atoms with Gasteiger partial charge in [0.05, 0.1) is 5.56 Å². The van der Waals surface area contributed by atoms with Crippen LogP contribution in [-0.4, -0.2) is 11.8 Å². The van der Waals surface area contributed by atoms with Crippen LogP contribution < -0.4 is 5.32 Å². The number of carbonyl (C=O) groups is 2. The quantitative estimate of drug-likeness (QED) is 0.797. The molecule has 6 heteroatoms. The van der Waals surface area contributed by atoms with Crippen LogP contribution in [0.15, 0.2) is 24.3 Å². The zero-order chi connectivity index (χ0) is 14.2. The van der Waals surface area contributed by atoms with Gasteiger partial charge in [0.15, 0.2) is 0 Å². The lowest BCUT2D eigenvalue weighted by atomic mass is 9.81. The van der Waals surface area contributed by atoms with Gasteiger partial charge in [-0.2, -0.15) is 13.2 Å². The lowest BCUT2D eigenvalue weighted by molar-refractivity contribution is -0.138. The highest BCUT2D eigenvalue weighted by atomic mass is 19.4. The molecule has 2 atom stereocenters. The number of halogens is 3. The number of nitrogens with one attached hydrogen (secondary N) is 1. The molecule has 102 valence electrons. The van der Waals surface area contributed by atoms with Crippen LogP contribution in [0.2, 0.25) is 0 Å². The van der Waals surface area contributed by atoms with Crippen LogP contribution in [-0.2, 0) is 15.8 Å². The first-order valence-corrected chi connectivity index (χ1v) is 5.80. The van der Waals surface area contributed by atoms with Crippen molar-refractivity contribution in [2.24, 2.45) is 5.92 Å². The third-order valence-corrected chi connectivity index (χ3v) is 3.35. The third-order valence-electron chi connectivity index (χ3n) is 3.35. The Morgan fingerprint density at radius 1 is 1.16 bits per heavy atom. The van der Waals surface area contributed by atoms with Crippen LogP contribution in [0, 0.1) is 5.92 Å². The molecule has 0 aromatic heterocycles.